The summed E-state index contributed by atoms with van der Waals surface area (Å²) in [4.78, 5) is 19.0. The number of benzene rings is 2. The summed E-state index contributed by atoms with van der Waals surface area (Å²) in [7, 11) is 1.36. The molecule has 0 saturated carbocycles. The highest BCUT2D eigenvalue weighted by Crippen LogP contribution is 2.30. The summed E-state index contributed by atoms with van der Waals surface area (Å²) >= 11 is 0.952. The lowest BCUT2D eigenvalue weighted by atomic mass is 10.1. The summed E-state index contributed by atoms with van der Waals surface area (Å²) in [6.45, 7) is -1.20. The molecule has 2 aromatic carbocycles. The maximum absolute atomic E-state index is 15.2. The van der Waals surface area contributed by atoms with Gasteiger partial charge in [0.1, 0.15) is 29.8 Å². The van der Waals surface area contributed by atoms with Gasteiger partial charge in [-0.1, -0.05) is 0 Å². The molecule has 0 aliphatic rings. The first-order chi connectivity index (χ1) is 14.4. The lowest BCUT2D eigenvalue weighted by molar-refractivity contribution is 0.206. The molecule has 0 aromatic heterocycles. The van der Waals surface area contributed by atoms with E-state index in [-0.39, 0.29) is 34.4 Å². The Balaban J connectivity index is 2.74. The Morgan fingerprint density at radius 3 is 2.53 bits per heavy atom. The van der Waals surface area contributed by atoms with Crippen LogP contribution < -0.4 is 9.47 Å². The van der Waals surface area contributed by atoms with E-state index in [4.69, 9.17) is 19.8 Å². The molecule has 1 N–H and O–H groups in total. The molecule has 1 amide bonds. The minimum absolute atomic E-state index is 0.0737. The first-order valence-corrected chi connectivity index (χ1v) is 9.67. The van der Waals surface area contributed by atoms with Crippen molar-refractivity contribution < 1.29 is 28.2 Å². The smallest absolute Gasteiger partial charge is 0.432 e. The monoisotopic (exact) mass is 433 g/mol. The summed E-state index contributed by atoms with van der Waals surface area (Å²) in [5.41, 5.74) is 0.511. The predicted octanol–water partition coefficient (Wildman–Crippen LogP) is 4.61. The van der Waals surface area contributed by atoms with E-state index in [0.29, 0.717) is 11.3 Å². The first-order valence-electron chi connectivity index (χ1n) is 8.45. The van der Waals surface area contributed by atoms with Gasteiger partial charge in [0.15, 0.2) is 11.6 Å². The van der Waals surface area contributed by atoms with Crippen molar-refractivity contribution in [1.29, 1.82) is 5.26 Å². The number of hydrogen-bond donors (Lipinski definition) is 1. The van der Waals surface area contributed by atoms with Gasteiger partial charge in [0, 0.05) is 11.6 Å². The number of ether oxygens (including phenoxy) is 2. The van der Waals surface area contributed by atoms with Gasteiger partial charge in [-0.25, -0.2) is 18.6 Å². The molecule has 10 heteroatoms. The van der Waals surface area contributed by atoms with Crippen LogP contribution in [0.15, 0.2) is 46.4 Å². The van der Waals surface area contributed by atoms with Gasteiger partial charge in [-0.05, 0) is 36.6 Å². The summed E-state index contributed by atoms with van der Waals surface area (Å²) in [6.07, 6.45) is 0.0818. The molecule has 7 nitrogen and oxygen atoms in total. The molecular weight excluding hydrogens is 416 g/mol. The number of halogens is 2. The fourth-order valence-electron chi connectivity index (χ4n) is 2.36. The van der Waals surface area contributed by atoms with Crippen LogP contribution in [0.3, 0.4) is 0 Å². The quantitative estimate of drug-likeness (QED) is 0.505. The van der Waals surface area contributed by atoms with Crippen LogP contribution >= 0.6 is 11.8 Å². The molecule has 2 aromatic rings. The Kier molecular flexibility index (Phi) is 8.31. The lowest BCUT2D eigenvalue weighted by Crippen LogP contribution is -2.17. The summed E-state index contributed by atoms with van der Waals surface area (Å²) in [6, 6.07) is 10.6. The highest BCUT2D eigenvalue weighted by atomic mass is 32.2. The van der Waals surface area contributed by atoms with Crippen LogP contribution in [0.4, 0.5) is 19.3 Å². The number of methoxy groups -OCH3 is 1. The second-order valence-electron chi connectivity index (χ2n) is 5.55. The van der Waals surface area contributed by atoms with Gasteiger partial charge in [-0.2, -0.15) is 10.3 Å². The number of carboxylic acid groups (broad SMARTS) is 1. The third kappa shape index (κ3) is 5.78. The van der Waals surface area contributed by atoms with Crippen molar-refractivity contribution in [1.82, 2.24) is 0 Å². The van der Waals surface area contributed by atoms with Gasteiger partial charge in [0.2, 0.25) is 0 Å². The lowest BCUT2D eigenvalue weighted by Gasteiger charge is -2.14. The van der Waals surface area contributed by atoms with Crippen molar-refractivity contribution in [3.05, 3.63) is 53.3 Å². The van der Waals surface area contributed by atoms with E-state index in [1.807, 2.05) is 6.07 Å². The summed E-state index contributed by atoms with van der Waals surface area (Å²) in [5, 5.41) is 18.0. The molecule has 0 aliphatic heterocycles. The molecule has 0 heterocycles. The predicted molar refractivity (Wildman–Crippen MR) is 111 cm³/mol. The van der Waals surface area contributed by atoms with E-state index in [1.165, 1.54) is 43.5 Å². The fraction of sp³-hybridized carbons (Fsp3) is 0.200. The normalized spacial score (nSPS) is 11.7. The molecule has 0 unspecified atom stereocenters. The van der Waals surface area contributed by atoms with E-state index in [2.05, 4.69) is 9.98 Å². The highest BCUT2D eigenvalue weighted by Gasteiger charge is 2.22. The minimum atomic E-state index is -1.48. The van der Waals surface area contributed by atoms with Crippen LogP contribution in [0, 0.1) is 17.1 Å². The average Bonchev–Trinajstić information content (AvgIpc) is 2.75. The first kappa shape index (κ1) is 22.8. The van der Waals surface area contributed by atoms with E-state index >= 15 is 4.39 Å². The SMILES string of the molecule is COc1cc(OCCF)c(F)c(C(=Nc2ccc(C#N)cc2)C(=NC(=O)O)SC)c1. The number of amides is 1. The zero-order valence-corrected chi connectivity index (χ0v) is 16.9. The van der Waals surface area contributed by atoms with Crippen molar-refractivity contribution in [2.24, 2.45) is 9.98 Å². The van der Waals surface area contributed by atoms with Crippen LogP contribution in [0.5, 0.6) is 11.5 Å². The van der Waals surface area contributed by atoms with E-state index in [0.717, 1.165) is 11.8 Å². The van der Waals surface area contributed by atoms with Gasteiger partial charge in [0.25, 0.3) is 0 Å². The zero-order valence-electron chi connectivity index (χ0n) is 16.1. The largest absolute Gasteiger partial charge is 0.497 e. The number of carbonyl (C=O) groups is 1. The Morgan fingerprint density at radius 1 is 1.30 bits per heavy atom. The number of hydrogen-bond acceptors (Lipinski definition) is 6. The van der Waals surface area contributed by atoms with Crippen LogP contribution in [0.1, 0.15) is 11.1 Å². The maximum Gasteiger partial charge on any atom is 0.432 e. The molecule has 30 heavy (non-hydrogen) atoms. The number of thioether (sulfide) groups is 1. The third-order valence-electron chi connectivity index (χ3n) is 3.67. The van der Waals surface area contributed by atoms with E-state index < -0.39 is 18.6 Å². The molecule has 0 radical (unpaired) electrons. The highest BCUT2D eigenvalue weighted by molar-refractivity contribution is 8.15. The Labute approximate surface area is 175 Å². The van der Waals surface area contributed by atoms with Crippen LogP contribution in [-0.4, -0.2) is 48.6 Å². The van der Waals surface area contributed by atoms with Gasteiger partial charge in [0.05, 0.1) is 24.4 Å². The van der Waals surface area contributed by atoms with Crippen molar-refractivity contribution in [3.63, 3.8) is 0 Å². The number of nitriles is 1. The summed E-state index contributed by atoms with van der Waals surface area (Å²) in [5.74, 6) is -0.947. The molecule has 0 aliphatic carbocycles. The Morgan fingerprint density at radius 2 is 2.00 bits per heavy atom. The third-order valence-corrected chi connectivity index (χ3v) is 4.34. The topological polar surface area (TPSA) is 104 Å². The van der Waals surface area contributed by atoms with E-state index in [9.17, 15) is 9.18 Å². The molecule has 0 spiro atoms. The van der Waals surface area contributed by atoms with Gasteiger partial charge < -0.3 is 14.6 Å². The van der Waals surface area contributed by atoms with Crippen molar-refractivity contribution in [3.8, 4) is 17.6 Å². The van der Waals surface area contributed by atoms with Crippen molar-refractivity contribution in [2.45, 2.75) is 0 Å². The second-order valence-corrected chi connectivity index (χ2v) is 6.34. The molecule has 0 bridgehead atoms. The van der Waals surface area contributed by atoms with Gasteiger partial charge >= 0.3 is 6.09 Å². The molecule has 0 atom stereocenters. The zero-order chi connectivity index (χ0) is 22.1. The molecule has 0 fully saturated rings. The number of aliphatic imine (C=N–C) groups is 2. The Hall–Kier alpha value is -3.45. The minimum Gasteiger partial charge on any atom is -0.497 e. The van der Waals surface area contributed by atoms with Gasteiger partial charge in [-0.15, -0.1) is 11.8 Å². The van der Waals surface area contributed by atoms with Crippen LogP contribution in [-0.2, 0) is 0 Å². The number of alkyl halides is 1. The second kappa shape index (κ2) is 10.9. The van der Waals surface area contributed by atoms with Crippen LogP contribution in [0.2, 0.25) is 0 Å². The van der Waals surface area contributed by atoms with E-state index in [1.54, 1.807) is 6.26 Å². The molecule has 156 valence electrons. The average molecular weight is 433 g/mol. The molecule has 0 saturated heterocycles. The molecular formula is C20H17F2N3O4S. The Bertz CT molecular complexity index is 1020. The maximum atomic E-state index is 15.2. The summed E-state index contributed by atoms with van der Waals surface area (Å²) < 4.78 is 38.0. The van der Waals surface area contributed by atoms with Crippen molar-refractivity contribution >= 4 is 34.3 Å². The van der Waals surface area contributed by atoms with Crippen LogP contribution in [0.25, 0.3) is 0 Å². The fourth-order valence-corrected chi connectivity index (χ4v) is 2.88. The number of rotatable bonds is 7. The standard InChI is InChI=1S/C20H17F2N3O4S/c1-28-14-9-15(17(22)16(10-14)29-8-7-21)18(19(30-2)25-20(26)27)24-13-5-3-12(11-23)4-6-13/h3-6,9-10H,7-8H2,1-2H3,(H,26,27). The number of nitrogens with zero attached hydrogens (tertiary/aromatic N) is 3. The molecule has 2 rings (SSSR count). The van der Waals surface area contributed by atoms with Crippen molar-refractivity contribution in [2.75, 3.05) is 26.6 Å². The van der Waals surface area contributed by atoms with Gasteiger partial charge in [-0.3, -0.25) is 0 Å².